The van der Waals surface area contributed by atoms with Crippen LogP contribution in [-0.4, -0.2) is 37.6 Å². The number of anilines is 2. The minimum absolute atomic E-state index is 0.964. The molecule has 3 heteroatoms. The molecule has 3 nitrogen and oxygen atoms in total. The zero-order valence-electron chi connectivity index (χ0n) is 10.4. The molecule has 2 heterocycles. The fraction of sp³-hybridized carbons (Fsp3) is 0.571. The number of benzene rings is 1. The maximum atomic E-state index is 6.02. The molecule has 0 saturated carbocycles. The molecule has 17 heavy (non-hydrogen) atoms. The molecule has 2 N–H and O–H groups in total. The molecule has 2 aliphatic heterocycles. The van der Waals surface area contributed by atoms with E-state index in [2.05, 4.69) is 21.9 Å². The zero-order valence-corrected chi connectivity index (χ0v) is 10.4. The summed E-state index contributed by atoms with van der Waals surface area (Å²) >= 11 is 0. The number of likely N-dealkylation sites (tertiary alicyclic amines) is 1. The second kappa shape index (κ2) is 4.57. The van der Waals surface area contributed by atoms with E-state index in [0.29, 0.717) is 0 Å². The van der Waals surface area contributed by atoms with Gasteiger partial charge in [-0.2, -0.15) is 0 Å². The van der Waals surface area contributed by atoms with Gasteiger partial charge in [0.15, 0.2) is 0 Å². The van der Waals surface area contributed by atoms with Crippen LogP contribution in [-0.2, 0) is 6.42 Å². The predicted molar refractivity (Wildman–Crippen MR) is 72.4 cm³/mol. The van der Waals surface area contributed by atoms with Crippen molar-refractivity contribution < 1.29 is 0 Å². The highest BCUT2D eigenvalue weighted by Crippen LogP contribution is 2.31. The van der Waals surface area contributed by atoms with Crippen molar-refractivity contribution >= 4 is 11.4 Å². The topological polar surface area (TPSA) is 32.5 Å². The van der Waals surface area contributed by atoms with E-state index in [9.17, 15) is 0 Å². The van der Waals surface area contributed by atoms with Gasteiger partial charge in [0.1, 0.15) is 0 Å². The van der Waals surface area contributed by atoms with Gasteiger partial charge < -0.3 is 15.5 Å². The molecule has 0 aromatic heterocycles. The third kappa shape index (κ3) is 2.12. The van der Waals surface area contributed by atoms with Gasteiger partial charge in [0.05, 0.1) is 0 Å². The number of nitrogens with two attached hydrogens (primary N) is 1. The summed E-state index contributed by atoms with van der Waals surface area (Å²) in [6, 6.07) is 6.30. The zero-order chi connectivity index (χ0) is 11.7. The van der Waals surface area contributed by atoms with E-state index in [1.807, 2.05) is 6.07 Å². The molecule has 2 aliphatic rings. The van der Waals surface area contributed by atoms with Crippen LogP contribution >= 0.6 is 0 Å². The van der Waals surface area contributed by atoms with Crippen molar-refractivity contribution in [2.24, 2.45) is 0 Å². The Hall–Kier alpha value is -1.22. The largest absolute Gasteiger partial charge is 0.398 e. The minimum atomic E-state index is 0.964. The van der Waals surface area contributed by atoms with Crippen LogP contribution in [0.5, 0.6) is 0 Å². The number of rotatable bonds is 3. The number of fused-ring (bicyclic) bond motifs is 1. The fourth-order valence-corrected chi connectivity index (χ4v) is 3.03. The number of nitrogens with zero attached hydrogens (tertiary/aromatic N) is 2. The maximum absolute atomic E-state index is 6.02. The van der Waals surface area contributed by atoms with Crippen molar-refractivity contribution in [3.05, 3.63) is 23.8 Å². The first kappa shape index (κ1) is 10.9. The fourth-order valence-electron chi connectivity index (χ4n) is 3.03. The van der Waals surface area contributed by atoms with Gasteiger partial charge >= 0.3 is 0 Å². The van der Waals surface area contributed by atoms with Crippen LogP contribution in [0.3, 0.4) is 0 Å². The van der Waals surface area contributed by atoms with E-state index in [4.69, 9.17) is 5.73 Å². The SMILES string of the molecule is Nc1cccc2c1CCN2CCN1CCCC1. The molecular weight excluding hydrogens is 210 g/mol. The number of hydrogen-bond donors (Lipinski definition) is 1. The van der Waals surface area contributed by atoms with Gasteiger partial charge in [-0.05, 0) is 44.5 Å². The lowest BCUT2D eigenvalue weighted by Crippen LogP contribution is -2.32. The summed E-state index contributed by atoms with van der Waals surface area (Å²) in [5.74, 6) is 0. The van der Waals surface area contributed by atoms with Crippen molar-refractivity contribution in [3.8, 4) is 0 Å². The van der Waals surface area contributed by atoms with Crippen molar-refractivity contribution in [1.29, 1.82) is 0 Å². The van der Waals surface area contributed by atoms with Gasteiger partial charge in [0.2, 0.25) is 0 Å². The standard InChI is InChI=1S/C14H21N3/c15-13-4-3-5-14-12(13)6-9-17(14)11-10-16-7-1-2-8-16/h3-5H,1-2,6-11,15H2. The lowest BCUT2D eigenvalue weighted by molar-refractivity contribution is 0.345. The summed E-state index contributed by atoms with van der Waals surface area (Å²) in [6.45, 7) is 6.07. The molecule has 0 radical (unpaired) electrons. The number of hydrogen-bond acceptors (Lipinski definition) is 3. The van der Waals surface area contributed by atoms with Crippen LogP contribution in [0.15, 0.2) is 18.2 Å². The Labute approximate surface area is 103 Å². The molecule has 1 aromatic carbocycles. The Morgan fingerprint density at radius 3 is 2.71 bits per heavy atom. The minimum Gasteiger partial charge on any atom is -0.398 e. The highest BCUT2D eigenvalue weighted by Gasteiger charge is 2.21. The average molecular weight is 231 g/mol. The Bertz CT molecular complexity index is 396. The summed E-state index contributed by atoms with van der Waals surface area (Å²) < 4.78 is 0. The van der Waals surface area contributed by atoms with Gasteiger partial charge in [-0.1, -0.05) is 6.07 Å². The van der Waals surface area contributed by atoms with Crippen LogP contribution < -0.4 is 10.6 Å². The van der Waals surface area contributed by atoms with Gasteiger partial charge in [0.25, 0.3) is 0 Å². The van der Waals surface area contributed by atoms with Crippen molar-refractivity contribution in [3.63, 3.8) is 0 Å². The van der Waals surface area contributed by atoms with Crippen LogP contribution in [0.2, 0.25) is 0 Å². The molecule has 1 saturated heterocycles. The number of nitrogen functional groups attached to an aromatic ring is 1. The summed E-state index contributed by atoms with van der Waals surface area (Å²) in [5, 5.41) is 0. The molecule has 1 fully saturated rings. The predicted octanol–water partition coefficient (Wildman–Crippen LogP) is 1.73. The molecule has 0 unspecified atom stereocenters. The molecule has 0 aliphatic carbocycles. The summed E-state index contributed by atoms with van der Waals surface area (Å²) in [6.07, 6.45) is 3.87. The van der Waals surface area contributed by atoms with E-state index >= 15 is 0 Å². The van der Waals surface area contributed by atoms with Crippen molar-refractivity contribution in [2.75, 3.05) is 43.4 Å². The first-order chi connectivity index (χ1) is 8.34. The van der Waals surface area contributed by atoms with Gasteiger partial charge in [0, 0.05) is 36.6 Å². The van der Waals surface area contributed by atoms with Crippen LogP contribution in [0, 0.1) is 0 Å². The van der Waals surface area contributed by atoms with E-state index in [-0.39, 0.29) is 0 Å². The Balaban J connectivity index is 1.65. The molecular formula is C14H21N3. The molecule has 0 bridgehead atoms. The Morgan fingerprint density at radius 2 is 1.88 bits per heavy atom. The van der Waals surface area contributed by atoms with E-state index in [1.54, 1.807) is 0 Å². The van der Waals surface area contributed by atoms with E-state index in [1.165, 1.54) is 43.7 Å². The van der Waals surface area contributed by atoms with Crippen molar-refractivity contribution in [1.82, 2.24) is 4.90 Å². The van der Waals surface area contributed by atoms with Crippen LogP contribution in [0.1, 0.15) is 18.4 Å². The molecule has 3 rings (SSSR count). The van der Waals surface area contributed by atoms with Gasteiger partial charge in [-0.3, -0.25) is 0 Å². The third-order valence-electron chi connectivity index (χ3n) is 4.04. The summed E-state index contributed by atoms with van der Waals surface area (Å²) in [4.78, 5) is 5.06. The first-order valence-electron chi connectivity index (χ1n) is 6.69. The van der Waals surface area contributed by atoms with E-state index < -0.39 is 0 Å². The smallest absolute Gasteiger partial charge is 0.0420 e. The van der Waals surface area contributed by atoms with Crippen LogP contribution in [0.25, 0.3) is 0 Å². The maximum Gasteiger partial charge on any atom is 0.0420 e. The average Bonchev–Trinajstić information content (AvgIpc) is 2.95. The molecule has 0 spiro atoms. The second-order valence-corrected chi connectivity index (χ2v) is 5.13. The Kier molecular flexibility index (Phi) is 2.93. The van der Waals surface area contributed by atoms with Crippen molar-refractivity contribution in [2.45, 2.75) is 19.3 Å². The molecule has 1 aromatic rings. The highest BCUT2D eigenvalue weighted by atomic mass is 15.2. The second-order valence-electron chi connectivity index (χ2n) is 5.13. The summed E-state index contributed by atoms with van der Waals surface area (Å²) in [7, 11) is 0. The molecule has 0 amide bonds. The van der Waals surface area contributed by atoms with Gasteiger partial charge in [-0.15, -0.1) is 0 Å². The lowest BCUT2D eigenvalue weighted by atomic mass is 10.1. The Morgan fingerprint density at radius 1 is 1.06 bits per heavy atom. The summed E-state index contributed by atoms with van der Waals surface area (Å²) in [5.41, 5.74) is 9.70. The normalized spacial score (nSPS) is 19.9. The lowest BCUT2D eigenvalue weighted by Gasteiger charge is -2.23. The molecule has 92 valence electrons. The molecule has 0 atom stereocenters. The van der Waals surface area contributed by atoms with E-state index in [0.717, 1.165) is 25.2 Å². The quantitative estimate of drug-likeness (QED) is 0.804. The monoisotopic (exact) mass is 231 g/mol. The van der Waals surface area contributed by atoms with Crippen LogP contribution in [0.4, 0.5) is 11.4 Å². The third-order valence-corrected chi connectivity index (χ3v) is 4.04. The highest BCUT2D eigenvalue weighted by molar-refractivity contribution is 5.68. The van der Waals surface area contributed by atoms with Gasteiger partial charge in [-0.25, -0.2) is 0 Å². The first-order valence-corrected chi connectivity index (χ1v) is 6.69.